The standard InChI is InChI=1S/C61H79N5O7/c1-39(69)34-65-51-28-50-17-15-43(31-61(50,32-51)33-56-54-18-20-63-35-48(54)23-45-11-6-19-64-60(45)56)22-52(70)29-53(71)25-49(37-67)55-30-58(73-38-68)57(72)26-46(55)24-47-36-66-59(62)27-44(47)16-14-42-10-5-9-41(21-42)13-12-40-7-3-2-4-8-40/h2-11,15,17,21,25-27,30,36,39,43,45,48,50-51,54,56,59-60,63-69,72H,12-14,16,18-20,22-24,28-29,31-35,37-38,62H2,1H3. The molecule has 0 radical (unpaired) electrons. The Hall–Kier alpha value is -5.18. The molecule has 0 amide bonds. The van der Waals surface area contributed by atoms with E-state index in [9.17, 15) is 30.0 Å². The maximum atomic E-state index is 14.1. The zero-order valence-electron chi connectivity index (χ0n) is 42.7. The van der Waals surface area contributed by atoms with Crippen LogP contribution in [0.4, 0.5) is 0 Å². The number of hydrogen-bond acceptors (Lipinski definition) is 12. The molecule has 12 nitrogen and oxygen atoms in total. The molecule has 390 valence electrons. The van der Waals surface area contributed by atoms with Crippen LogP contribution in [0.1, 0.15) is 92.5 Å². The van der Waals surface area contributed by atoms with E-state index < -0.39 is 25.3 Å². The van der Waals surface area contributed by atoms with Crippen molar-refractivity contribution in [3.8, 4) is 11.5 Å². The number of carbonyl (C=O) groups is 2. The highest BCUT2D eigenvalue weighted by Crippen LogP contribution is 2.58. The summed E-state index contributed by atoms with van der Waals surface area (Å²) < 4.78 is 5.39. The fourth-order valence-electron chi connectivity index (χ4n) is 13.9. The third-order valence-corrected chi connectivity index (χ3v) is 17.1. The minimum atomic E-state index is -0.684. The van der Waals surface area contributed by atoms with Crippen molar-refractivity contribution in [3.05, 3.63) is 148 Å². The lowest BCUT2D eigenvalue weighted by Crippen LogP contribution is -2.57. The highest BCUT2D eigenvalue weighted by atomic mass is 16.6. The molecule has 11 atom stereocenters. The van der Waals surface area contributed by atoms with Crippen molar-refractivity contribution >= 4 is 17.1 Å². The number of fused-ring (bicyclic) bond motifs is 3. The van der Waals surface area contributed by atoms with Crippen molar-refractivity contribution in [2.45, 2.75) is 115 Å². The Morgan fingerprint density at radius 2 is 1.74 bits per heavy atom. The van der Waals surface area contributed by atoms with E-state index in [1.54, 1.807) is 6.07 Å². The summed E-state index contributed by atoms with van der Waals surface area (Å²) in [5.41, 5.74) is 13.6. The molecule has 3 heterocycles. The molecular weight excluding hydrogens is 915 g/mol. The molecule has 3 aromatic carbocycles. The number of hydrogen-bond donors (Lipinski definition) is 9. The van der Waals surface area contributed by atoms with Gasteiger partial charge in [-0.25, -0.2) is 0 Å². The number of aliphatic hydroxyl groups excluding tert-OH is 3. The lowest BCUT2D eigenvalue weighted by atomic mass is 9.55. The average molecular weight is 994 g/mol. The number of nitrogens with two attached hydrogens (primary N) is 1. The first-order chi connectivity index (χ1) is 35.4. The molecule has 0 bridgehead atoms. The van der Waals surface area contributed by atoms with Gasteiger partial charge < -0.3 is 52.2 Å². The van der Waals surface area contributed by atoms with Gasteiger partial charge in [-0.15, -0.1) is 0 Å². The molecule has 12 heteroatoms. The number of aromatic hydroxyl groups is 1. The number of dihydropyridines is 1. The minimum absolute atomic E-state index is 0.00437. The lowest BCUT2D eigenvalue weighted by Gasteiger charge is -2.54. The van der Waals surface area contributed by atoms with Crippen molar-refractivity contribution in [2.24, 2.45) is 46.7 Å². The number of piperidine rings is 1. The third-order valence-electron chi connectivity index (χ3n) is 17.1. The molecule has 10 N–H and O–H groups in total. The first-order valence-electron chi connectivity index (χ1n) is 27.2. The van der Waals surface area contributed by atoms with Crippen LogP contribution in [0, 0.1) is 40.9 Å². The predicted octanol–water partition coefficient (Wildman–Crippen LogP) is 6.77. The number of carbonyl (C=O) groups excluding carboxylic acids is 2. The number of benzene rings is 3. The van der Waals surface area contributed by atoms with Gasteiger partial charge in [-0.1, -0.05) is 78.9 Å². The van der Waals surface area contributed by atoms with Crippen molar-refractivity contribution in [1.82, 2.24) is 21.3 Å². The molecule has 3 aromatic rings. The van der Waals surface area contributed by atoms with Crippen molar-refractivity contribution in [3.63, 3.8) is 0 Å². The van der Waals surface area contributed by atoms with Crippen LogP contribution >= 0.6 is 0 Å². The molecule has 6 aliphatic rings. The molecule has 3 aliphatic carbocycles. The van der Waals surface area contributed by atoms with Gasteiger partial charge in [0.1, 0.15) is 5.78 Å². The topological polar surface area (TPSA) is 198 Å². The number of ether oxygens (including phenoxy) is 1. The molecule has 3 aliphatic heterocycles. The molecule has 9 rings (SSSR count). The molecule has 1 saturated heterocycles. The predicted molar refractivity (Wildman–Crippen MR) is 287 cm³/mol. The fraction of sp³-hybridized carbons (Fsp3) is 0.508. The van der Waals surface area contributed by atoms with E-state index in [0.717, 1.165) is 75.7 Å². The minimum Gasteiger partial charge on any atom is -0.504 e. The zero-order valence-corrected chi connectivity index (χ0v) is 42.7. The monoisotopic (exact) mass is 994 g/mol. The van der Waals surface area contributed by atoms with Crippen LogP contribution in [0.2, 0.25) is 0 Å². The summed E-state index contributed by atoms with van der Waals surface area (Å²) in [6.07, 6.45) is 23.9. The number of Topliss-reactive ketones (excluding diaryl/α,β-unsaturated/α-hetero) is 1. The van der Waals surface area contributed by atoms with E-state index in [2.05, 4.69) is 94.1 Å². The second kappa shape index (κ2) is 24.4. The molecule has 0 aromatic heterocycles. The van der Waals surface area contributed by atoms with Crippen LogP contribution in [-0.2, 0) is 35.3 Å². The number of aryl methyl sites for hydroxylation is 3. The largest absolute Gasteiger partial charge is 0.504 e. The van der Waals surface area contributed by atoms with Gasteiger partial charge in [-0.2, -0.15) is 0 Å². The molecule has 0 spiro atoms. The van der Waals surface area contributed by atoms with Gasteiger partial charge in [0.05, 0.1) is 25.3 Å². The van der Waals surface area contributed by atoms with Gasteiger partial charge in [-0.05, 0) is 200 Å². The quantitative estimate of drug-likeness (QED) is 0.0222. The van der Waals surface area contributed by atoms with E-state index >= 15 is 0 Å². The van der Waals surface area contributed by atoms with E-state index in [0.29, 0.717) is 66.1 Å². The van der Waals surface area contributed by atoms with Crippen molar-refractivity contribution < 1.29 is 34.8 Å². The number of ketones is 2. The average Bonchev–Trinajstić information content (AvgIpc) is 3.75. The van der Waals surface area contributed by atoms with E-state index in [1.807, 2.05) is 25.3 Å². The van der Waals surface area contributed by atoms with Gasteiger partial charge in [-0.3, -0.25) is 9.59 Å². The second-order valence-electron chi connectivity index (χ2n) is 22.3. The van der Waals surface area contributed by atoms with E-state index in [-0.39, 0.29) is 59.2 Å². The van der Waals surface area contributed by atoms with Gasteiger partial charge in [0.25, 0.3) is 0 Å². The Labute approximate surface area is 432 Å². The fourth-order valence-corrected chi connectivity index (χ4v) is 13.9. The van der Waals surface area contributed by atoms with Crippen LogP contribution in [0.15, 0.2) is 121 Å². The highest BCUT2D eigenvalue weighted by Gasteiger charge is 2.54. The Kier molecular flexibility index (Phi) is 17.6. The summed E-state index contributed by atoms with van der Waals surface area (Å²) in [7, 11) is 0. The smallest absolute Gasteiger partial charge is 0.186 e. The van der Waals surface area contributed by atoms with Crippen molar-refractivity contribution in [2.75, 3.05) is 39.6 Å². The summed E-state index contributed by atoms with van der Waals surface area (Å²) in [6, 6.07) is 23.0. The maximum Gasteiger partial charge on any atom is 0.186 e. The number of nitrogens with one attached hydrogen (secondary N) is 4. The van der Waals surface area contributed by atoms with Crippen LogP contribution in [0.25, 0.3) is 5.57 Å². The third kappa shape index (κ3) is 13.2. The molecular formula is C61H79N5O7. The van der Waals surface area contributed by atoms with E-state index in [4.69, 9.17) is 10.5 Å². The molecule has 2 saturated carbocycles. The SMILES string of the molecule is CC(O)CNC1CC2C=CC(CC(=O)CC(=O)C=C(CO)c3cc(OCO)c(O)cc3CC3=CNC(N)C=C3CCc3cccc(CCc4ccccc4)c3)CC2(CC2C3CCNCC3CC3C=CCNC32)C1. The number of aliphatic hydroxyl groups is 3. The Morgan fingerprint density at radius 1 is 0.945 bits per heavy atom. The summed E-state index contributed by atoms with van der Waals surface area (Å²) >= 11 is 0. The number of phenolic OH excluding ortho intramolecular Hbond substituents is 1. The second-order valence-corrected chi connectivity index (χ2v) is 22.3. The Morgan fingerprint density at radius 3 is 2.53 bits per heavy atom. The molecule has 3 fully saturated rings. The highest BCUT2D eigenvalue weighted by molar-refractivity contribution is 6.08. The number of allylic oxidation sites excluding steroid dienone is 5. The van der Waals surface area contributed by atoms with E-state index in [1.165, 1.54) is 41.7 Å². The van der Waals surface area contributed by atoms with Gasteiger partial charge in [0.2, 0.25) is 0 Å². The number of rotatable bonds is 22. The summed E-state index contributed by atoms with van der Waals surface area (Å²) in [6.45, 7) is 4.22. The van der Waals surface area contributed by atoms with Crippen LogP contribution < -0.4 is 31.7 Å². The number of phenols is 1. The van der Waals surface area contributed by atoms with Crippen molar-refractivity contribution in [1.29, 1.82) is 0 Å². The summed E-state index contributed by atoms with van der Waals surface area (Å²) in [5.74, 6) is 1.98. The Balaban J connectivity index is 0.887. The summed E-state index contributed by atoms with van der Waals surface area (Å²) in [5, 5.41) is 56.5. The van der Waals surface area contributed by atoms with Crippen LogP contribution in [0.5, 0.6) is 11.5 Å². The first-order valence-corrected chi connectivity index (χ1v) is 27.2. The first kappa shape index (κ1) is 52.7. The van der Waals surface area contributed by atoms with Gasteiger partial charge in [0, 0.05) is 37.8 Å². The van der Waals surface area contributed by atoms with Crippen LogP contribution in [-0.4, -0.2) is 95.9 Å². The van der Waals surface area contributed by atoms with Gasteiger partial charge >= 0.3 is 0 Å². The normalized spacial score (nSPS) is 29.0. The van der Waals surface area contributed by atoms with Crippen LogP contribution in [0.3, 0.4) is 0 Å². The molecule has 11 unspecified atom stereocenters. The maximum absolute atomic E-state index is 14.1. The Bertz CT molecular complexity index is 2550. The summed E-state index contributed by atoms with van der Waals surface area (Å²) in [4.78, 5) is 28.0. The lowest BCUT2D eigenvalue weighted by molar-refractivity contribution is -0.125. The van der Waals surface area contributed by atoms with Gasteiger partial charge in [0.15, 0.2) is 24.1 Å². The zero-order chi connectivity index (χ0) is 50.9. The molecule has 73 heavy (non-hydrogen) atoms.